The molecule has 3 rings (SSSR count). The topological polar surface area (TPSA) is 80.3 Å². The second-order valence-corrected chi connectivity index (χ2v) is 7.92. The molecule has 2 amide bonds. The molecule has 0 aliphatic carbocycles. The molecule has 1 aromatic heterocycles. The Balaban J connectivity index is 1.59. The van der Waals surface area contributed by atoms with Crippen molar-refractivity contribution in [2.24, 2.45) is 0 Å². The first-order valence-electron chi connectivity index (χ1n) is 8.16. The van der Waals surface area contributed by atoms with E-state index in [0.29, 0.717) is 21.6 Å². The summed E-state index contributed by atoms with van der Waals surface area (Å²) in [4.78, 5) is 28.7. The highest BCUT2D eigenvalue weighted by Gasteiger charge is 2.28. The molecule has 0 saturated carbocycles. The molecule has 1 atom stereocenters. The molecule has 0 saturated heterocycles. The first kappa shape index (κ1) is 19.7. The Morgan fingerprint density at radius 1 is 1.30 bits per heavy atom. The molecule has 0 spiro atoms. The van der Waals surface area contributed by atoms with E-state index in [4.69, 9.17) is 27.9 Å². The highest BCUT2D eigenvalue weighted by Crippen LogP contribution is 2.37. The van der Waals surface area contributed by atoms with Gasteiger partial charge in [0, 0.05) is 29.9 Å². The number of nitrogens with zero attached hydrogens (tertiary/aromatic N) is 1. The SMILES string of the molecule is CC(=O)Nc1nc(C)c(C2CC=C(C(=O)NCc3cc(Cl)cc(Cl)c3)O2)s1. The van der Waals surface area contributed by atoms with E-state index >= 15 is 0 Å². The maximum absolute atomic E-state index is 12.4. The molecular weight excluding hydrogens is 409 g/mol. The number of nitrogens with one attached hydrogen (secondary N) is 2. The first-order chi connectivity index (χ1) is 12.8. The summed E-state index contributed by atoms with van der Waals surface area (Å²) in [5.74, 6) is -0.221. The lowest BCUT2D eigenvalue weighted by molar-refractivity contribution is -0.121. The van der Waals surface area contributed by atoms with Gasteiger partial charge in [-0.2, -0.15) is 0 Å². The van der Waals surface area contributed by atoms with E-state index in [1.807, 2.05) is 6.92 Å². The van der Waals surface area contributed by atoms with Gasteiger partial charge in [-0.05, 0) is 36.8 Å². The zero-order valence-electron chi connectivity index (χ0n) is 14.6. The Morgan fingerprint density at radius 3 is 2.67 bits per heavy atom. The van der Waals surface area contributed by atoms with Gasteiger partial charge in [0.1, 0.15) is 6.10 Å². The van der Waals surface area contributed by atoms with Crippen molar-refractivity contribution in [3.63, 3.8) is 0 Å². The van der Waals surface area contributed by atoms with Gasteiger partial charge in [0.15, 0.2) is 10.9 Å². The summed E-state index contributed by atoms with van der Waals surface area (Å²) >= 11 is 13.3. The van der Waals surface area contributed by atoms with Crippen molar-refractivity contribution in [3.8, 4) is 0 Å². The zero-order valence-corrected chi connectivity index (χ0v) is 17.0. The van der Waals surface area contributed by atoms with Crippen LogP contribution in [0.15, 0.2) is 30.0 Å². The normalized spacial score (nSPS) is 15.9. The van der Waals surface area contributed by atoms with Crippen LogP contribution in [0.3, 0.4) is 0 Å². The molecule has 0 radical (unpaired) electrons. The quantitative estimate of drug-likeness (QED) is 0.744. The van der Waals surface area contributed by atoms with Crippen LogP contribution in [0.25, 0.3) is 0 Å². The number of aryl methyl sites for hydroxylation is 1. The minimum absolute atomic E-state index is 0.179. The number of halogens is 2. The number of benzene rings is 1. The summed E-state index contributed by atoms with van der Waals surface area (Å²) in [7, 11) is 0. The van der Waals surface area contributed by atoms with E-state index in [-0.39, 0.29) is 30.2 Å². The highest BCUT2D eigenvalue weighted by molar-refractivity contribution is 7.16. The Bertz CT molecular complexity index is 906. The number of hydrogen-bond donors (Lipinski definition) is 2. The van der Waals surface area contributed by atoms with E-state index < -0.39 is 0 Å². The lowest BCUT2D eigenvalue weighted by Crippen LogP contribution is -2.24. The van der Waals surface area contributed by atoms with E-state index in [2.05, 4.69) is 15.6 Å². The van der Waals surface area contributed by atoms with Crippen LogP contribution < -0.4 is 10.6 Å². The minimum atomic E-state index is -0.308. The Hall–Kier alpha value is -2.09. The van der Waals surface area contributed by atoms with E-state index in [9.17, 15) is 9.59 Å². The molecule has 6 nitrogen and oxygen atoms in total. The summed E-state index contributed by atoms with van der Waals surface area (Å²) in [6, 6.07) is 5.11. The number of hydrogen-bond acceptors (Lipinski definition) is 5. The molecule has 0 fully saturated rings. The largest absolute Gasteiger partial charge is 0.479 e. The molecule has 2 N–H and O–H groups in total. The van der Waals surface area contributed by atoms with Crippen molar-refractivity contribution in [2.75, 3.05) is 5.32 Å². The van der Waals surface area contributed by atoms with Crippen molar-refractivity contribution >= 4 is 51.5 Å². The molecule has 1 aliphatic rings. The van der Waals surface area contributed by atoms with Crippen molar-refractivity contribution in [3.05, 3.63) is 56.2 Å². The van der Waals surface area contributed by atoms with Gasteiger partial charge in [0.25, 0.3) is 5.91 Å². The third-order valence-electron chi connectivity index (χ3n) is 3.79. The molecular formula is C18H17Cl2N3O3S. The van der Waals surface area contributed by atoms with Crippen molar-refractivity contribution < 1.29 is 14.3 Å². The highest BCUT2D eigenvalue weighted by atomic mass is 35.5. The number of thiazole rings is 1. The average Bonchev–Trinajstić information content (AvgIpc) is 3.18. The molecule has 2 aromatic rings. The van der Waals surface area contributed by atoms with Gasteiger partial charge < -0.3 is 15.4 Å². The number of amides is 2. The van der Waals surface area contributed by atoms with E-state index in [1.54, 1.807) is 24.3 Å². The van der Waals surface area contributed by atoms with Gasteiger partial charge in [-0.25, -0.2) is 4.98 Å². The van der Waals surface area contributed by atoms with Gasteiger partial charge in [-0.15, -0.1) is 0 Å². The van der Waals surface area contributed by atoms with Crippen LogP contribution in [0.1, 0.15) is 35.6 Å². The van der Waals surface area contributed by atoms with Crippen LogP contribution in [0.5, 0.6) is 0 Å². The van der Waals surface area contributed by atoms with Crippen LogP contribution in [0.4, 0.5) is 5.13 Å². The Labute approximate surface area is 170 Å². The van der Waals surface area contributed by atoms with Gasteiger partial charge in [0.2, 0.25) is 5.91 Å². The molecule has 2 heterocycles. The molecule has 27 heavy (non-hydrogen) atoms. The van der Waals surface area contributed by atoms with Gasteiger partial charge in [-0.3, -0.25) is 9.59 Å². The Kier molecular flexibility index (Phi) is 6.04. The molecule has 0 bridgehead atoms. The van der Waals surface area contributed by atoms with Crippen LogP contribution in [-0.2, 0) is 20.9 Å². The lowest BCUT2D eigenvalue weighted by Gasteiger charge is -2.12. The van der Waals surface area contributed by atoms with Gasteiger partial charge in [-0.1, -0.05) is 34.5 Å². The minimum Gasteiger partial charge on any atom is -0.479 e. The van der Waals surface area contributed by atoms with E-state index in [1.165, 1.54) is 18.3 Å². The fourth-order valence-electron chi connectivity index (χ4n) is 2.66. The molecule has 142 valence electrons. The summed E-state index contributed by atoms with van der Waals surface area (Å²) in [5.41, 5.74) is 1.58. The molecule has 1 unspecified atom stereocenters. The third-order valence-corrected chi connectivity index (χ3v) is 5.39. The number of aromatic nitrogens is 1. The standard InChI is InChI=1S/C18H17Cl2N3O3S/c1-9-16(27-18(22-9)23-10(2)24)14-3-4-15(26-14)17(25)21-8-11-5-12(19)7-13(20)6-11/h4-7,14H,3,8H2,1-2H3,(H,21,25)(H,22,23,24). The zero-order chi connectivity index (χ0) is 19.6. The molecule has 9 heteroatoms. The summed E-state index contributed by atoms with van der Waals surface area (Å²) < 4.78 is 5.80. The predicted octanol–water partition coefficient (Wildman–Crippen LogP) is 4.38. The first-order valence-corrected chi connectivity index (χ1v) is 9.74. The second kappa shape index (κ2) is 8.29. The molecule has 1 aromatic carbocycles. The van der Waals surface area contributed by atoms with Gasteiger partial charge in [0.05, 0.1) is 10.6 Å². The predicted molar refractivity (Wildman–Crippen MR) is 106 cm³/mol. The monoisotopic (exact) mass is 425 g/mol. The smallest absolute Gasteiger partial charge is 0.286 e. The van der Waals surface area contributed by atoms with Crippen LogP contribution in [-0.4, -0.2) is 16.8 Å². The molecule has 1 aliphatic heterocycles. The number of ether oxygens (including phenoxy) is 1. The average molecular weight is 426 g/mol. The van der Waals surface area contributed by atoms with Crippen molar-refractivity contribution in [1.29, 1.82) is 0 Å². The summed E-state index contributed by atoms with van der Waals surface area (Å²) in [5, 5.41) is 7.01. The van der Waals surface area contributed by atoms with Crippen molar-refractivity contribution in [2.45, 2.75) is 32.9 Å². The third kappa shape index (κ3) is 5.00. The van der Waals surface area contributed by atoms with Crippen LogP contribution in [0.2, 0.25) is 10.0 Å². The van der Waals surface area contributed by atoms with Crippen LogP contribution >= 0.6 is 34.5 Å². The summed E-state index contributed by atoms with van der Waals surface area (Å²) in [6.45, 7) is 3.57. The number of anilines is 1. The van der Waals surface area contributed by atoms with E-state index in [0.717, 1.165) is 16.1 Å². The number of carbonyl (C=O) groups is 2. The Morgan fingerprint density at radius 2 is 2.00 bits per heavy atom. The second-order valence-electron chi connectivity index (χ2n) is 6.02. The number of carbonyl (C=O) groups excluding carboxylic acids is 2. The summed E-state index contributed by atoms with van der Waals surface area (Å²) in [6.07, 6.45) is 2.03. The van der Waals surface area contributed by atoms with Gasteiger partial charge >= 0.3 is 0 Å². The fourth-order valence-corrected chi connectivity index (χ4v) is 4.29. The van der Waals surface area contributed by atoms with Crippen molar-refractivity contribution in [1.82, 2.24) is 10.3 Å². The lowest BCUT2D eigenvalue weighted by atomic mass is 10.2. The number of rotatable bonds is 5. The maximum Gasteiger partial charge on any atom is 0.286 e. The van der Waals surface area contributed by atoms with Crippen LogP contribution in [0, 0.1) is 6.92 Å². The maximum atomic E-state index is 12.4. The fraction of sp³-hybridized carbons (Fsp3) is 0.278.